The highest BCUT2D eigenvalue weighted by Crippen LogP contribution is 2.53. The fourth-order valence-electron chi connectivity index (χ4n) is 9.83. The summed E-state index contributed by atoms with van der Waals surface area (Å²) in [5.41, 5.74) is 18.0. The summed E-state index contributed by atoms with van der Waals surface area (Å²) >= 11 is 0. The normalized spacial score (nSPS) is 12.9. The van der Waals surface area contributed by atoms with Crippen molar-refractivity contribution in [2.24, 2.45) is 0 Å². The van der Waals surface area contributed by atoms with Gasteiger partial charge in [-0.15, -0.1) is 0 Å². The van der Waals surface area contributed by atoms with Crippen LogP contribution in [-0.2, 0) is 0 Å². The molecule has 1 heterocycles. The summed E-state index contributed by atoms with van der Waals surface area (Å²) in [6.07, 6.45) is 0. The Labute approximate surface area is 349 Å². The molecule has 9 aromatic carbocycles. The Kier molecular flexibility index (Phi) is 8.76. The first-order valence-corrected chi connectivity index (χ1v) is 21.2. The summed E-state index contributed by atoms with van der Waals surface area (Å²) in [7, 11) is 0. The monoisotopic (exact) mass is 765 g/mol. The molecule has 9 aromatic rings. The van der Waals surface area contributed by atoms with E-state index in [1.165, 1.54) is 77.1 Å². The number of fused-ring (bicyclic) bond motifs is 8. The van der Waals surface area contributed by atoms with Crippen LogP contribution in [0.15, 0.2) is 152 Å². The second-order valence-electron chi connectivity index (χ2n) is 17.3. The number of rotatable bonds is 5. The molecule has 0 saturated carbocycles. The van der Waals surface area contributed by atoms with Crippen molar-refractivity contribution in [1.82, 2.24) is 0 Å². The Morgan fingerprint density at radius 2 is 0.729 bits per heavy atom. The van der Waals surface area contributed by atoms with Gasteiger partial charge in [-0.3, -0.25) is 0 Å². The van der Waals surface area contributed by atoms with E-state index in [0.29, 0.717) is 11.8 Å². The molecule has 10 rings (SSSR count). The van der Waals surface area contributed by atoms with Crippen molar-refractivity contribution in [1.29, 1.82) is 0 Å². The van der Waals surface area contributed by atoms with Crippen LogP contribution in [0.25, 0.3) is 32.3 Å². The molecule has 0 spiro atoms. The predicted molar refractivity (Wildman–Crippen MR) is 255 cm³/mol. The Morgan fingerprint density at radius 3 is 1.17 bits per heavy atom. The van der Waals surface area contributed by atoms with Crippen LogP contribution in [-0.4, -0.2) is 0 Å². The van der Waals surface area contributed by atoms with Gasteiger partial charge < -0.3 is 14.7 Å². The molecule has 0 radical (unpaired) electrons. The fourth-order valence-corrected chi connectivity index (χ4v) is 9.83. The molecule has 0 atom stereocenters. The van der Waals surface area contributed by atoms with E-state index >= 15 is 0 Å². The molecule has 1 aliphatic rings. The number of hydrogen-bond acceptors (Lipinski definition) is 3. The van der Waals surface area contributed by atoms with Gasteiger partial charge in [0.2, 0.25) is 0 Å². The van der Waals surface area contributed by atoms with Gasteiger partial charge in [-0.1, -0.05) is 124 Å². The molecule has 0 unspecified atom stereocenters. The first-order chi connectivity index (χ1) is 28.6. The Balaban J connectivity index is 1.44. The zero-order valence-electron chi connectivity index (χ0n) is 35.4. The molecule has 290 valence electrons. The fraction of sp³-hybridized carbons (Fsp3) is 0.179. The third kappa shape index (κ3) is 5.94. The Hall–Kier alpha value is -6.58. The first kappa shape index (κ1) is 36.7. The van der Waals surface area contributed by atoms with Gasteiger partial charge in [0.05, 0.1) is 11.4 Å². The van der Waals surface area contributed by atoms with Crippen molar-refractivity contribution >= 4 is 83.5 Å². The highest BCUT2D eigenvalue weighted by molar-refractivity contribution is 6.30. The van der Waals surface area contributed by atoms with E-state index in [-0.39, 0.29) is 0 Å². The Morgan fingerprint density at radius 1 is 0.322 bits per heavy atom. The van der Waals surface area contributed by atoms with Gasteiger partial charge >= 0.3 is 0 Å². The van der Waals surface area contributed by atoms with Crippen molar-refractivity contribution < 1.29 is 0 Å². The van der Waals surface area contributed by atoms with Gasteiger partial charge in [-0.2, -0.15) is 0 Å². The van der Waals surface area contributed by atoms with Crippen LogP contribution in [0.3, 0.4) is 0 Å². The number of aryl methyl sites for hydroxylation is 4. The quantitative estimate of drug-likeness (QED) is 0.162. The summed E-state index contributed by atoms with van der Waals surface area (Å²) < 4.78 is 0. The molecular weight excluding hydrogens is 715 g/mol. The molecule has 3 nitrogen and oxygen atoms in total. The van der Waals surface area contributed by atoms with Crippen LogP contribution < -0.4 is 14.7 Å². The summed E-state index contributed by atoms with van der Waals surface area (Å²) in [6.45, 7) is 18.3. The third-order valence-electron chi connectivity index (χ3n) is 12.5. The molecule has 3 heteroatoms. The number of hydrogen-bond donors (Lipinski definition) is 0. The smallest absolute Gasteiger partial charge is 0.0561 e. The van der Waals surface area contributed by atoms with Gasteiger partial charge in [0.25, 0.3) is 0 Å². The van der Waals surface area contributed by atoms with Gasteiger partial charge in [-0.25, -0.2) is 0 Å². The largest absolute Gasteiger partial charge is 0.310 e. The van der Waals surface area contributed by atoms with E-state index in [1.807, 2.05) is 0 Å². The molecule has 0 N–H and O–H groups in total. The summed E-state index contributed by atoms with van der Waals surface area (Å²) in [5, 5.41) is 7.87. The minimum atomic E-state index is 0.380. The topological polar surface area (TPSA) is 9.72 Å². The van der Waals surface area contributed by atoms with Crippen molar-refractivity contribution in [2.75, 3.05) is 14.7 Å². The third-order valence-corrected chi connectivity index (χ3v) is 12.5. The van der Waals surface area contributed by atoms with Crippen LogP contribution in [0.5, 0.6) is 0 Å². The molecule has 0 aliphatic carbocycles. The lowest BCUT2D eigenvalue weighted by Crippen LogP contribution is -2.18. The SMILES string of the molecule is Cc1ccc(N2c3cccc(c3)N(c3ccccc3)c3cccc(c3)N(c3ccc(C)cc3C)c3cc2c2ccc4c(C(C)C)cc(C(C)C)c5ccc3c2c45)c(C)c1. The van der Waals surface area contributed by atoms with Gasteiger partial charge in [0, 0.05) is 56.0 Å². The Bertz CT molecular complexity index is 2890. The number of anilines is 9. The van der Waals surface area contributed by atoms with E-state index in [9.17, 15) is 0 Å². The number of benzene rings is 9. The van der Waals surface area contributed by atoms with E-state index in [2.05, 4.69) is 222 Å². The summed E-state index contributed by atoms with van der Waals surface area (Å²) in [4.78, 5) is 7.45. The molecule has 0 fully saturated rings. The van der Waals surface area contributed by atoms with Crippen LogP contribution in [0.2, 0.25) is 0 Å². The minimum Gasteiger partial charge on any atom is -0.310 e. The second-order valence-corrected chi connectivity index (χ2v) is 17.3. The molecular formula is C56H51N3. The van der Waals surface area contributed by atoms with E-state index in [1.54, 1.807) is 0 Å². The van der Waals surface area contributed by atoms with E-state index in [4.69, 9.17) is 0 Å². The van der Waals surface area contributed by atoms with Crippen LogP contribution in [0.4, 0.5) is 51.2 Å². The van der Waals surface area contributed by atoms with Gasteiger partial charge in [-0.05, 0) is 145 Å². The molecule has 1 aliphatic heterocycles. The molecule has 0 aromatic heterocycles. The summed E-state index contributed by atoms with van der Waals surface area (Å²) in [5.74, 6) is 0.760. The number of para-hydroxylation sites is 1. The average Bonchev–Trinajstić information content (AvgIpc) is 3.22. The zero-order chi connectivity index (χ0) is 40.7. The zero-order valence-corrected chi connectivity index (χ0v) is 35.4. The lowest BCUT2D eigenvalue weighted by atomic mass is 9.83. The first-order valence-electron chi connectivity index (χ1n) is 21.2. The predicted octanol–water partition coefficient (Wildman–Crippen LogP) is 16.8. The minimum absolute atomic E-state index is 0.380. The standard InChI is InChI=1S/C56H51N3/c1-34(2)49-32-50(35(3)4)46-23-25-48-54-33-53(47-24-22-45(49)55(46)56(47)48)58(51-26-20-36(5)28-38(51)7)43-18-12-16-41(30-43)57(40-14-10-9-11-15-40)42-17-13-19-44(31-42)59(54)52-27-21-37(6)29-39(52)8/h9-35H,1-8H3. The van der Waals surface area contributed by atoms with Crippen molar-refractivity contribution in [2.45, 2.75) is 67.2 Å². The molecule has 0 amide bonds. The maximum absolute atomic E-state index is 2.53. The summed E-state index contributed by atoms with van der Waals surface area (Å²) in [6, 6.07) is 57.4. The molecule has 59 heavy (non-hydrogen) atoms. The number of nitrogens with zero attached hydrogens (tertiary/aromatic N) is 3. The van der Waals surface area contributed by atoms with Gasteiger partial charge in [0.1, 0.15) is 0 Å². The maximum Gasteiger partial charge on any atom is 0.0561 e. The van der Waals surface area contributed by atoms with Crippen molar-refractivity contribution in [3.8, 4) is 0 Å². The highest BCUT2D eigenvalue weighted by atomic mass is 15.2. The van der Waals surface area contributed by atoms with Crippen molar-refractivity contribution in [3.63, 3.8) is 0 Å². The molecule has 6 bridgehead atoms. The lowest BCUT2D eigenvalue weighted by molar-refractivity contribution is 0.847. The van der Waals surface area contributed by atoms with Crippen molar-refractivity contribution in [3.05, 3.63) is 185 Å². The van der Waals surface area contributed by atoms with Crippen LogP contribution in [0.1, 0.15) is 72.9 Å². The lowest BCUT2D eigenvalue weighted by Gasteiger charge is -2.36. The highest BCUT2D eigenvalue weighted by Gasteiger charge is 2.29. The average molecular weight is 766 g/mol. The maximum atomic E-state index is 2.53. The van der Waals surface area contributed by atoms with E-state index in [0.717, 1.165) is 39.8 Å². The second kappa shape index (κ2) is 14.1. The van der Waals surface area contributed by atoms with Gasteiger partial charge in [0.15, 0.2) is 0 Å². The van der Waals surface area contributed by atoms with Crippen LogP contribution >= 0.6 is 0 Å². The molecule has 0 saturated heterocycles. The van der Waals surface area contributed by atoms with Crippen LogP contribution in [0, 0.1) is 27.7 Å². The van der Waals surface area contributed by atoms with E-state index < -0.39 is 0 Å².